The van der Waals surface area contributed by atoms with Crippen LogP contribution in [0, 0.1) is 0 Å². The summed E-state index contributed by atoms with van der Waals surface area (Å²) in [4.78, 5) is 13.9. The van der Waals surface area contributed by atoms with Gasteiger partial charge in [-0.05, 0) is 29.8 Å². The Hall–Kier alpha value is -2.49. The van der Waals surface area contributed by atoms with Crippen molar-refractivity contribution in [3.8, 4) is 5.75 Å². The highest BCUT2D eigenvalue weighted by Crippen LogP contribution is 2.24. The van der Waals surface area contributed by atoms with Crippen LogP contribution >= 0.6 is 0 Å². The molecule has 0 radical (unpaired) electrons. The van der Waals surface area contributed by atoms with Crippen LogP contribution in [0.1, 0.15) is 19.4 Å². The molecule has 0 aliphatic rings. The first kappa shape index (κ1) is 16.9. The van der Waals surface area contributed by atoms with Gasteiger partial charge in [0.05, 0.1) is 7.11 Å². The second-order valence-corrected chi connectivity index (χ2v) is 6.17. The molecule has 4 heteroatoms. The summed E-state index contributed by atoms with van der Waals surface area (Å²) in [5, 5.41) is 3.00. The van der Waals surface area contributed by atoms with Crippen molar-refractivity contribution in [2.45, 2.75) is 19.3 Å². The second kappa shape index (κ2) is 7.18. The van der Waals surface area contributed by atoms with Crippen LogP contribution in [0.3, 0.4) is 0 Å². The third-order valence-corrected chi connectivity index (χ3v) is 4.00. The van der Waals surface area contributed by atoms with E-state index in [1.54, 1.807) is 19.1 Å². The lowest BCUT2D eigenvalue weighted by atomic mass is 9.84. The molecule has 0 heterocycles. The van der Waals surface area contributed by atoms with E-state index in [4.69, 9.17) is 4.74 Å². The minimum Gasteiger partial charge on any atom is -0.497 e. The summed E-state index contributed by atoms with van der Waals surface area (Å²) in [5.74, 6) is 0.831. The lowest BCUT2D eigenvalue weighted by Gasteiger charge is -2.27. The molecule has 0 aliphatic heterocycles. The third-order valence-electron chi connectivity index (χ3n) is 4.00. The maximum Gasteiger partial charge on any atom is 0.321 e. The molecule has 2 amide bonds. The van der Waals surface area contributed by atoms with Gasteiger partial charge in [-0.15, -0.1) is 0 Å². The summed E-state index contributed by atoms with van der Waals surface area (Å²) < 4.78 is 5.18. The number of benzene rings is 2. The number of nitrogens with one attached hydrogen (secondary N) is 1. The van der Waals surface area contributed by atoms with Crippen LogP contribution in [-0.4, -0.2) is 26.7 Å². The molecular weight excluding hydrogens is 288 g/mol. The van der Waals surface area contributed by atoms with Gasteiger partial charge in [-0.1, -0.05) is 44.2 Å². The predicted octanol–water partition coefficient (Wildman–Crippen LogP) is 3.82. The van der Waals surface area contributed by atoms with Gasteiger partial charge in [0, 0.05) is 24.7 Å². The first-order valence-electron chi connectivity index (χ1n) is 7.65. The maximum atomic E-state index is 12.3. The number of methoxy groups -OCH3 is 1. The minimum atomic E-state index is -0.167. The fraction of sp³-hybridized carbons (Fsp3) is 0.316. The zero-order valence-corrected chi connectivity index (χ0v) is 14.2. The van der Waals surface area contributed by atoms with E-state index in [0.717, 1.165) is 17.0 Å². The van der Waals surface area contributed by atoms with Crippen LogP contribution in [0.2, 0.25) is 0 Å². The molecule has 2 aromatic rings. The van der Waals surface area contributed by atoms with E-state index in [0.29, 0.717) is 6.54 Å². The topological polar surface area (TPSA) is 41.6 Å². The summed E-state index contributed by atoms with van der Waals surface area (Å²) in [6, 6.07) is 17.4. The van der Waals surface area contributed by atoms with Crippen LogP contribution in [0.5, 0.6) is 5.75 Å². The lowest BCUT2D eigenvalue weighted by molar-refractivity contribution is 0.245. The van der Waals surface area contributed by atoms with Crippen molar-refractivity contribution in [2.75, 3.05) is 25.6 Å². The quantitative estimate of drug-likeness (QED) is 0.912. The van der Waals surface area contributed by atoms with Crippen molar-refractivity contribution in [1.29, 1.82) is 0 Å². The highest BCUT2D eigenvalue weighted by Gasteiger charge is 2.22. The van der Waals surface area contributed by atoms with Gasteiger partial charge in [-0.3, -0.25) is 4.90 Å². The Morgan fingerprint density at radius 2 is 1.70 bits per heavy atom. The summed E-state index contributed by atoms with van der Waals surface area (Å²) >= 11 is 0. The summed E-state index contributed by atoms with van der Waals surface area (Å²) in [6.45, 7) is 4.77. The van der Waals surface area contributed by atoms with E-state index in [9.17, 15) is 4.79 Å². The zero-order valence-electron chi connectivity index (χ0n) is 14.2. The molecule has 0 saturated carbocycles. The molecule has 0 bridgehead atoms. The molecule has 4 nitrogen and oxygen atoms in total. The van der Waals surface area contributed by atoms with Gasteiger partial charge in [0.1, 0.15) is 5.75 Å². The molecule has 0 unspecified atom stereocenters. The SMILES string of the molecule is COc1ccc(C(C)(C)CNC(=O)N(C)c2ccccc2)cc1. The number of hydrogen-bond donors (Lipinski definition) is 1. The third kappa shape index (κ3) is 4.25. The van der Waals surface area contributed by atoms with Gasteiger partial charge in [-0.2, -0.15) is 0 Å². The fourth-order valence-corrected chi connectivity index (χ4v) is 2.33. The number of amides is 2. The second-order valence-electron chi connectivity index (χ2n) is 6.17. The van der Waals surface area contributed by atoms with E-state index in [1.165, 1.54) is 0 Å². The molecule has 0 spiro atoms. The number of para-hydroxylation sites is 1. The molecule has 23 heavy (non-hydrogen) atoms. The van der Waals surface area contributed by atoms with Gasteiger partial charge in [0.25, 0.3) is 0 Å². The average Bonchev–Trinajstić information content (AvgIpc) is 2.60. The van der Waals surface area contributed by atoms with E-state index in [2.05, 4.69) is 19.2 Å². The Morgan fingerprint density at radius 3 is 2.26 bits per heavy atom. The van der Waals surface area contributed by atoms with Crippen molar-refractivity contribution in [2.24, 2.45) is 0 Å². The number of carbonyl (C=O) groups is 1. The predicted molar refractivity (Wildman–Crippen MR) is 94.3 cm³/mol. The lowest BCUT2D eigenvalue weighted by Crippen LogP contribution is -2.43. The Kier molecular flexibility index (Phi) is 5.27. The number of anilines is 1. The smallest absolute Gasteiger partial charge is 0.321 e. The first-order chi connectivity index (χ1) is 10.9. The number of nitrogens with zero attached hydrogens (tertiary/aromatic N) is 1. The number of rotatable bonds is 5. The van der Waals surface area contributed by atoms with Crippen molar-refractivity contribution in [1.82, 2.24) is 5.32 Å². The van der Waals surface area contributed by atoms with E-state index in [-0.39, 0.29) is 11.4 Å². The number of ether oxygens (including phenoxy) is 1. The number of carbonyl (C=O) groups excluding carboxylic acids is 1. The molecule has 2 aromatic carbocycles. The van der Waals surface area contributed by atoms with Crippen LogP contribution in [0.4, 0.5) is 10.5 Å². The van der Waals surface area contributed by atoms with Crippen molar-refractivity contribution < 1.29 is 9.53 Å². The Labute approximate surface area is 138 Å². The van der Waals surface area contributed by atoms with Crippen molar-refractivity contribution in [3.63, 3.8) is 0 Å². The molecule has 122 valence electrons. The van der Waals surface area contributed by atoms with Gasteiger partial charge < -0.3 is 10.1 Å². The highest BCUT2D eigenvalue weighted by molar-refractivity contribution is 5.91. The van der Waals surface area contributed by atoms with Crippen LogP contribution in [0.25, 0.3) is 0 Å². The van der Waals surface area contributed by atoms with E-state index in [1.807, 2.05) is 54.6 Å². The van der Waals surface area contributed by atoms with Crippen LogP contribution in [-0.2, 0) is 5.41 Å². The molecule has 2 rings (SSSR count). The van der Waals surface area contributed by atoms with Gasteiger partial charge in [0.2, 0.25) is 0 Å². The van der Waals surface area contributed by atoms with E-state index >= 15 is 0 Å². The minimum absolute atomic E-state index is 0.113. The van der Waals surface area contributed by atoms with Gasteiger partial charge in [-0.25, -0.2) is 4.79 Å². The molecule has 1 N–H and O–H groups in total. The maximum absolute atomic E-state index is 12.3. The Bertz CT molecular complexity index is 636. The molecule has 0 fully saturated rings. The van der Waals surface area contributed by atoms with Crippen LogP contribution in [0.15, 0.2) is 54.6 Å². The monoisotopic (exact) mass is 312 g/mol. The molecule has 0 atom stereocenters. The molecular formula is C19H24N2O2. The molecule has 0 aliphatic carbocycles. The number of hydrogen-bond acceptors (Lipinski definition) is 2. The molecule has 0 saturated heterocycles. The Balaban J connectivity index is 1.99. The largest absolute Gasteiger partial charge is 0.497 e. The zero-order chi connectivity index (χ0) is 16.9. The van der Waals surface area contributed by atoms with Crippen LogP contribution < -0.4 is 15.0 Å². The normalized spacial score (nSPS) is 11.0. The standard InChI is InChI=1S/C19H24N2O2/c1-19(2,15-10-12-17(23-4)13-11-15)14-20-18(22)21(3)16-8-6-5-7-9-16/h5-13H,14H2,1-4H3,(H,20,22). The number of urea groups is 1. The average molecular weight is 312 g/mol. The molecule has 0 aromatic heterocycles. The first-order valence-corrected chi connectivity index (χ1v) is 7.65. The summed E-state index contributed by atoms with van der Waals surface area (Å²) in [7, 11) is 3.42. The fourth-order valence-electron chi connectivity index (χ4n) is 2.33. The van der Waals surface area contributed by atoms with E-state index < -0.39 is 0 Å². The summed E-state index contributed by atoms with van der Waals surface area (Å²) in [6.07, 6.45) is 0. The summed E-state index contributed by atoms with van der Waals surface area (Å²) in [5.41, 5.74) is 1.85. The van der Waals surface area contributed by atoms with Gasteiger partial charge >= 0.3 is 6.03 Å². The van der Waals surface area contributed by atoms with Crippen molar-refractivity contribution >= 4 is 11.7 Å². The van der Waals surface area contributed by atoms with Gasteiger partial charge in [0.15, 0.2) is 0 Å². The van der Waals surface area contributed by atoms with Crippen molar-refractivity contribution in [3.05, 3.63) is 60.2 Å². The Morgan fingerprint density at radius 1 is 1.09 bits per heavy atom. The highest BCUT2D eigenvalue weighted by atomic mass is 16.5.